The third-order valence-electron chi connectivity index (χ3n) is 3.06. The Bertz CT molecular complexity index is 589. The monoisotopic (exact) mass is 228 g/mol. The molecule has 0 saturated carbocycles. The van der Waals surface area contributed by atoms with Gasteiger partial charge in [0.1, 0.15) is 0 Å². The largest absolute Gasteiger partial charge is 0.294 e. The fraction of sp³-hybridized carbons (Fsp3) is 0.250. The Kier molecular flexibility index (Phi) is 2.18. The molecule has 1 N–H and O–H groups in total. The zero-order chi connectivity index (χ0) is 11.8. The third-order valence-corrected chi connectivity index (χ3v) is 3.06. The highest BCUT2D eigenvalue weighted by Crippen LogP contribution is 2.28. The fourth-order valence-corrected chi connectivity index (χ4v) is 2.14. The number of hydrogen-bond acceptors (Lipinski definition) is 3. The number of aromatic nitrogens is 3. The maximum Gasteiger partial charge on any atom is 0.228 e. The lowest BCUT2D eigenvalue weighted by Gasteiger charge is -2.12. The van der Waals surface area contributed by atoms with Gasteiger partial charge in [-0.3, -0.25) is 14.8 Å². The molecule has 1 unspecified atom stereocenters. The van der Waals surface area contributed by atoms with Crippen molar-refractivity contribution in [1.82, 2.24) is 15.2 Å². The highest BCUT2D eigenvalue weighted by Gasteiger charge is 2.31. The molecule has 1 aliphatic rings. The van der Waals surface area contributed by atoms with Gasteiger partial charge in [-0.05, 0) is 12.1 Å². The van der Waals surface area contributed by atoms with E-state index in [0.29, 0.717) is 24.4 Å². The minimum absolute atomic E-state index is 0.0900. The summed E-state index contributed by atoms with van der Waals surface area (Å²) in [5, 5.41) is 7.90. The number of aromatic amines is 1. The molecule has 17 heavy (non-hydrogen) atoms. The van der Waals surface area contributed by atoms with Gasteiger partial charge in [-0.25, -0.2) is 4.98 Å². The number of anilines is 1. The Morgan fingerprint density at radius 2 is 2.47 bits per heavy atom. The molecule has 0 spiro atoms. The molecule has 3 rings (SSSR count). The van der Waals surface area contributed by atoms with Crippen LogP contribution in [0.3, 0.4) is 0 Å². The fourth-order valence-electron chi connectivity index (χ4n) is 2.14. The minimum atomic E-state index is 0.0900. The molecule has 1 saturated heterocycles. The first-order valence-corrected chi connectivity index (χ1v) is 5.51. The van der Waals surface area contributed by atoms with E-state index in [2.05, 4.69) is 21.8 Å². The van der Waals surface area contributed by atoms with Gasteiger partial charge in [0.05, 0.1) is 5.39 Å². The first-order valence-electron chi connectivity index (χ1n) is 5.51. The summed E-state index contributed by atoms with van der Waals surface area (Å²) in [4.78, 5) is 17.8. The molecule has 2 aromatic heterocycles. The second kappa shape index (κ2) is 3.69. The van der Waals surface area contributed by atoms with Crippen LogP contribution in [-0.4, -0.2) is 27.6 Å². The highest BCUT2D eigenvalue weighted by atomic mass is 16.2. The van der Waals surface area contributed by atoms with Gasteiger partial charge < -0.3 is 0 Å². The van der Waals surface area contributed by atoms with Crippen LogP contribution in [0.5, 0.6) is 0 Å². The molecule has 1 aliphatic heterocycles. The summed E-state index contributed by atoms with van der Waals surface area (Å²) < 4.78 is 0. The first-order chi connectivity index (χ1) is 8.29. The molecular weight excluding hydrogens is 216 g/mol. The van der Waals surface area contributed by atoms with Crippen molar-refractivity contribution in [3.05, 3.63) is 31.0 Å². The van der Waals surface area contributed by atoms with Crippen molar-refractivity contribution in [2.75, 3.05) is 11.4 Å². The number of nitrogens with zero attached hydrogens (tertiary/aromatic N) is 3. The van der Waals surface area contributed by atoms with Crippen LogP contribution in [0.2, 0.25) is 0 Å². The van der Waals surface area contributed by atoms with Crippen molar-refractivity contribution in [3.63, 3.8) is 0 Å². The maximum absolute atomic E-state index is 11.9. The van der Waals surface area contributed by atoms with Gasteiger partial charge in [0, 0.05) is 25.1 Å². The molecule has 0 radical (unpaired) electrons. The molecule has 1 amide bonds. The van der Waals surface area contributed by atoms with Gasteiger partial charge in [0.25, 0.3) is 0 Å². The zero-order valence-electron chi connectivity index (χ0n) is 9.26. The van der Waals surface area contributed by atoms with E-state index in [9.17, 15) is 4.79 Å². The van der Waals surface area contributed by atoms with Gasteiger partial charge >= 0.3 is 0 Å². The number of H-pyrrole nitrogens is 1. The summed E-state index contributed by atoms with van der Waals surface area (Å²) >= 11 is 0. The lowest BCUT2D eigenvalue weighted by atomic mass is 10.1. The van der Waals surface area contributed by atoms with Crippen molar-refractivity contribution in [2.24, 2.45) is 5.92 Å². The first kappa shape index (κ1) is 10.0. The number of rotatable bonds is 2. The average Bonchev–Trinajstić information content (AvgIpc) is 2.92. The van der Waals surface area contributed by atoms with E-state index in [0.717, 1.165) is 5.39 Å². The molecule has 5 nitrogen and oxygen atoms in total. The molecule has 1 fully saturated rings. The van der Waals surface area contributed by atoms with Crippen LogP contribution in [0, 0.1) is 5.92 Å². The van der Waals surface area contributed by atoms with E-state index in [1.165, 1.54) is 0 Å². The lowest BCUT2D eigenvalue weighted by Crippen LogP contribution is -2.24. The number of hydrogen-bond donors (Lipinski definition) is 1. The van der Waals surface area contributed by atoms with Crippen molar-refractivity contribution in [3.8, 4) is 0 Å². The van der Waals surface area contributed by atoms with Crippen molar-refractivity contribution < 1.29 is 4.79 Å². The number of fused-ring (bicyclic) bond motifs is 1. The average molecular weight is 228 g/mol. The van der Waals surface area contributed by atoms with E-state index in [-0.39, 0.29) is 11.8 Å². The van der Waals surface area contributed by atoms with Gasteiger partial charge in [-0.15, -0.1) is 6.58 Å². The lowest BCUT2D eigenvalue weighted by molar-refractivity contribution is -0.117. The van der Waals surface area contributed by atoms with E-state index in [1.807, 2.05) is 18.2 Å². The molecular formula is C12H12N4O. The van der Waals surface area contributed by atoms with Crippen LogP contribution in [0.1, 0.15) is 6.42 Å². The summed E-state index contributed by atoms with van der Waals surface area (Å²) in [5.41, 5.74) is 0.706. The summed E-state index contributed by atoms with van der Waals surface area (Å²) in [5.74, 6) is 0.973. The summed E-state index contributed by atoms with van der Waals surface area (Å²) in [7, 11) is 0. The van der Waals surface area contributed by atoms with Gasteiger partial charge in [-0.1, -0.05) is 6.08 Å². The van der Waals surface area contributed by atoms with E-state index >= 15 is 0 Å². The van der Waals surface area contributed by atoms with Crippen molar-refractivity contribution in [2.45, 2.75) is 6.42 Å². The topological polar surface area (TPSA) is 61.9 Å². The summed E-state index contributed by atoms with van der Waals surface area (Å²) in [6, 6.07) is 3.75. The second-order valence-corrected chi connectivity index (χ2v) is 4.15. The molecule has 3 heterocycles. The van der Waals surface area contributed by atoms with Crippen LogP contribution in [-0.2, 0) is 4.79 Å². The second-order valence-electron chi connectivity index (χ2n) is 4.15. The number of carbonyl (C=O) groups is 1. The van der Waals surface area contributed by atoms with Crippen molar-refractivity contribution >= 4 is 22.8 Å². The summed E-state index contributed by atoms with van der Waals surface area (Å²) in [6.07, 6.45) is 4.03. The van der Waals surface area contributed by atoms with Crippen LogP contribution in [0.4, 0.5) is 5.82 Å². The Morgan fingerprint density at radius 1 is 1.59 bits per heavy atom. The number of carbonyl (C=O) groups excluding carboxylic acids is 1. The predicted molar refractivity (Wildman–Crippen MR) is 64.5 cm³/mol. The number of amides is 1. The quantitative estimate of drug-likeness (QED) is 0.792. The van der Waals surface area contributed by atoms with Gasteiger partial charge in [0.15, 0.2) is 11.5 Å². The molecule has 0 aromatic carbocycles. The van der Waals surface area contributed by atoms with Crippen LogP contribution < -0.4 is 4.90 Å². The molecule has 2 aromatic rings. The predicted octanol–water partition coefficient (Wildman–Crippen LogP) is 1.50. The Hall–Kier alpha value is -2.17. The molecule has 5 heteroatoms. The minimum Gasteiger partial charge on any atom is -0.294 e. The zero-order valence-corrected chi connectivity index (χ0v) is 9.26. The normalized spacial score (nSPS) is 20.1. The molecule has 1 atom stereocenters. The number of pyridine rings is 1. The van der Waals surface area contributed by atoms with Crippen LogP contribution in [0.25, 0.3) is 11.0 Å². The SMILES string of the molecule is C=CC1CC(=O)N(c2n[nH]c3ncccc23)C1. The molecule has 0 aliphatic carbocycles. The van der Waals surface area contributed by atoms with Crippen LogP contribution >= 0.6 is 0 Å². The Labute approximate surface area is 98.1 Å². The highest BCUT2D eigenvalue weighted by molar-refractivity contribution is 6.02. The standard InChI is InChI=1S/C12H12N4O/c1-2-8-6-10(17)16(7-8)12-9-4-3-5-13-11(9)14-15-12/h2-5,8H,1,6-7H2,(H,13,14,15). The molecule has 0 bridgehead atoms. The smallest absolute Gasteiger partial charge is 0.228 e. The maximum atomic E-state index is 11.9. The van der Waals surface area contributed by atoms with E-state index in [1.54, 1.807) is 11.1 Å². The Morgan fingerprint density at radius 3 is 3.24 bits per heavy atom. The van der Waals surface area contributed by atoms with E-state index in [4.69, 9.17) is 0 Å². The molecule has 86 valence electrons. The van der Waals surface area contributed by atoms with Crippen LogP contribution in [0.15, 0.2) is 31.0 Å². The third kappa shape index (κ3) is 1.51. The Balaban J connectivity index is 2.04. The van der Waals surface area contributed by atoms with E-state index < -0.39 is 0 Å². The number of nitrogens with one attached hydrogen (secondary N) is 1. The summed E-state index contributed by atoms with van der Waals surface area (Å²) in [6.45, 7) is 4.39. The van der Waals surface area contributed by atoms with Gasteiger partial charge in [0.2, 0.25) is 5.91 Å². The van der Waals surface area contributed by atoms with Crippen molar-refractivity contribution in [1.29, 1.82) is 0 Å². The van der Waals surface area contributed by atoms with Gasteiger partial charge in [-0.2, -0.15) is 5.10 Å².